The molecular formula is C13H19NO2. The highest BCUT2D eigenvalue weighted by molar-refractivity contribution is 5.93. The van der Waals surface area contributed by atoms with Gasteiger partial charge in [-0.3, -0.25) is 4.79 Å². The van der Waals surface area contributed by atoms with Gasteiger partial charge < -0.3 is 4.74 Å². The largest absolute Gasteiger partial charge is 0.492 e. The van der Waals surface area contributed by atoms with Crippen molar-refractivity contribution in [2.45, 2.75) is 33.6 Å². The average Bonchev–Trinajstić information content (AvgIpc) is 2.28. The standard InChI is InChI=1S/C13H19NO2/c1-4-13(15)12-6-5-11(9-14-12)16-8-7-10(2)3/h5-6,9-10H,4,7-8H2,1-3H3. The lowest BCUT2D eigenvalue weighted by atomic mass is 10.1. The number of nitrogens with zero attached hydrogens (tertiary/aromatic N) is 1. The number of rotatable bonds is 6. The molecule has 1 rings (SSSR count). The second-order valence-corrected chi connectivity index (χ2v) is 4.19. The number of aromatic nitrogens is 1. The second-order valence-electron chi connectivity index (χ2n) is 4.19. The number of ketones is 1. The van der Waals surface area contributed by atoms with Crippen molar-refractivity contribution in [3.63, 3.8) is 0 Å². The lowest BCUT2D eigenvalue weighted by molar-refractivity contribution is 0.0983. The van der Waals surface area contributed by atoms with Crippen LogP contribution in [0.2, 0.25) is 0 Å². The van der Waals surface area contributed by atoms with Crippen LogP contribution in [0.15, 0.2) is 18.3 Å². The first kappa shape index (κ1) is 12.7. The lowest BCUT2D eigenvalue weighted by Crippen LogP contribution is -2.03. The van der Waals surface area contributed by atoms with Crippen LogP contribution in [0.1, 0.15) is 44.1 Å². The summed E-state index contributed by atoms with van der Waals surface area (Å²) in [4.78, 5) is 15.4. The van der Waals surface area contributed by atoms with Crippen LogP contribution in [-0.2, 0) is 0 Å². The van der Waals surface area contributed by atoms with E-state index in [1.54, 1.807) is 18.3 Å². The molecule has 0 bridgehead atoms. The maximum absolute atomic E-state index is 11.3. The van der Waals surface area contributed by atoms with E-state index in [9.17, 15) is 4.79 Å². The fourth-order valence-corrected chi connectivity index (χ4v) is 1.22. The molecule has 0 atom stereocenters. The zero-order valence-corrected chi connectivity index (χ0v) is 10.2. The molecular weight excluding hydrogens is 202 g/mol. The molecule has 0 spiro atoms. The Kier molecular flexibility index (Phi) is 4.96. The quantitative estimate of drug-likeness (QED) is 0.693. The predicted octanol–water partition coefficient (Wildman–Crippen LogP) is 3.10. The Morgan fingerprint density at radius 2 is 2.19 bits per heavy atom. The van der Waals surface area contributed by atoms with Gasteiger partial charge >= 0.3 is 0 Å². The summed E-state index contributed by atoms with van der Waals surface area (Å²) in [5.74, 6) is 1.43. The Morgan fingerprint density at radius 1 is 1.44 bits per heavy atom. The molecule has 0 fully saturated rings. The van der Waals surface area contributed by atoms with Gasteiger partial charge in [0.25, 0.3) is 0 Å². The van der Waals surface area contributed by atoms with E-state index >= 15 is 0 Å². The molecule has 0 aliphatic carbocycles. The van der Waals surface area contributed by atoms with Gasteiger partial charge in [-0.15, -0.1) is 0 Å². The summed E-state index contributed by atoms with van der Waals surface area (Å²) < 4.78 is 5.51. The van der Waals surface area contributed by atoms with E-state index in [2.05, 4.69) is 18.8 Å². The first-order chi connectivity index (χ1) is 7.63. The van der Waals surface area contributed by atoms with Crippen molar-refractivity contribution in [1.82, 2.24) is 4.98 Å². The summed E-state index contributed by atoms with van der Waals surface area (Å²) in [7, 11) is 0. The highest BCUT2D eigenvalue weighted by atomic mass is 16.5. The highest BCUT2D eigenvalue weighted by Gasteiger charge is 2.04. The number of pyridine rings is 1. The topological polar surface area (TPSA) is 39.2 Å². The summed E-state index contributed by atoms with van der Waals surface area (Å²) in [5.41, 5.74) is 0.513. The first-order valence-corrected chi connectivity index (χ1v) is 5.75. The third kappa shape index (κ3) is 4.01. The average molecular weight is 221 g/mol. The van der Waals surface area contributed by atoms with Crippen LogP contribution >= 0.6 is 0 Å². The van der Waals surface area contributed by atoms with Crippen molar-refractivity contribution in [1.29, 1.82) is 0 Å². The van der Waals surface area contributed by atoms with Crippen molar-refractivity contribution in [2.75, 3.05) is 6.61 Å². The number of hydrogen-bond donors (Lipinski definition) is 0. The summed E-state index contributed by atoms with van der Waals surface area (Å²) in [6.45, 7) is 6.84. The molecule has 3 nitrogen and oxygen atoms in total. The SMILES string of the molecule is CCC(=O)c1ccc(OCCC(C)C)cn1. The van der Waals surface area contributed by atoms with Crippen LogP contribution in [0.4, 0.5) is 0 Å². The Morgan fingerprint density at radius 3 is 2.69 bits per heavy atom. The monoisotopic (exact) mass is 221 g/mol. The van der Waals surface area contributed by atoms with Gasteiger partial charge in [-0.1, -0.05) is 20.8 Å². The minimum atomic E-state index is 0.0636. The van der Waals surface area contributed by atoms with E-state index in [0.29, 0.717) is 24.6 Å². The van der Waals surface area contributed by atoms with E-state index in [1.165, 1.54) is 0 Å². The Hall–Kier alpha value is -1.38. The van der Waals surface area contributed by atoms with Gasteiger partial charge in [-0.2, -0.15) is 0 Å². The van der Waals surface area contributed by atoms with E-state index in [1.807, 2.05) is 6.92 Å². The molecule has 0 aliphatic rings. The van der Waals surface area contributed by atoms with Crippen LogP contribution in [-0.4, -0.2) is 17.4 Å². The molecule has 0 aromatic carbocycles. The first-order valence-electron chi connectivity index (χ1n) is 5.75. The molecule has 1 heterocycles. The molecule has 1 aromatic heterocycles. The van der Waals surface area contributed by atoms with Crippen LogP contribution in [0.25, 0.3) is 0 Å². The molecule has 0 amide bonds. The van der Waals surface area contributed by atoms with Crippen LogP contribution < -0.4 is 4.74 Å². The molecule has 0 saturated carbocycles. The number of carbonyl (C=O) groups excluding carboxylic acids is 1. The second kappa shape index (κ2) is 6.26. The molecule has 0 radical (unpaired) electrons. The molecule has 16 heavy (non-hydrogen) atoms. The van der Waals surface area contributed by atoms with Crippen LogP contribution in [0.3, 0.4) is 0 Å². The molecule has 0 saturated heterocycles. The Balaban J connectivity index is 2.48. The van der Waals surface area contributed by atoms with Crippen molar-refractivity contribution in [3.05, 3.63) is 24.0 Å². The van der Waals surface area contributed by atoms with Crippen LogP contribution in [0.5, 0.6) is 5.75 Å². The number of Topliss-reactive ketones (excluding diaryl/α,β-unsaturated/α-hetero) is 1. The number of carbonyl (C=O) groups is 1. The Labute approximate surface area is 96.8 Å². The van der Waals surface area contributed by atoms with Crippen molar-refractivity contribution >= 4 is 5.78 Å². The summed E-state index contributed by atoms with van der Waals surface area (Å²) in [5, 5.41) is 0. The van der Waals surface area contributed by atoms with Gasteiger partial charge in [0.2, 0.25) is 0 Å². The van der Waals surface area contributed by atoms with Gasteiger partial charge in [0.05, 0.1) is 12.8 Å². The van der Waals surface area contributed by atoms with E-state index in [0.717, 1.165) is 12.2 Å². The fraction of sp³-hybridized carbons (Fsp3) is 0.538. The third-order valence-electron chi connectivity index (χ3n) is 2.31. The molecule has 1 aromatic rings. The minimum absolute atomic E-state index is 0.0636. The van der Waals surface area contributed by atoms with E-state index < -0.39 is 0 Å². The van der Waals surface area contributed by atoms with E-state index in [-0.39, 0.29) is 5.78 Å². The molecule has 0 N–H and O–H groups in total. The normalized spacial score (nSPS) is 10.5. The zero-order chi connectivity index (χ0) is 12.0. The summed E-state index contributed by atoms with van der Waals surface area (Å²) in [6, 6.07) is 3.52. The fourth-order valence-electron chi connectivity index (χ4n) is 1.22. The summed E-state index contributed by atoms with van der Waals surface area (Å²) >= 11 is 0. The van der Waals surface area contributed by atoms with Crippen LogP contribution in [0, 0.1) is 5.92 Å². The molecule has 0 unspecified atom stereocenters. The molecule has 88 valence electrons. The summed E-state index contributed by atoms with van der Waals surface area (Å²) in [6.07, 6.45) is 3.12. The van der Waals surface area contributed by atoms with Gasteiger partial charge in [-0.25, -0.2) is 4.98 Å². The maximum atomic E-state index is 11.3. The van der Waals surface area contributed by atoms with Gasteiger partial charge in [0, 0.05) is 6.42 Å². The predicted molar refractivity (Wildman–Crippen MR) is 63.8 cm³/mol. The third-order valence-corrected chi connectivity index (χ3v) is 2.31. The lowest BCUT2D eigenvalue weighted by Gasteiger charge is -2.07. The van der Waals surface area contributed by atoms with E-state index in [4.69, 9.17) is 4.74 Å². The Bertz CT molecular complexity index is 330. The van der Waals surface area contributed by atoms with Crippen molar-refractivity contribution < 1.29 is 9.53 Å². The van der Waals surface area contributed by atoms with Crippen molar-refractivity contribution in [3.8, 4) is 5.75 Å². The smallest absolute Gasteiger partial charge is 0.180 e. The molecule has 3 heteroatoms. The minimum Gasteiger partial charge on any atom is -0.492 e. The van der Waals surface area contributed by atoms with Crippen molar-refractivity contribution in [2.24, 2.45) is 5.92 Å². The van der Waals surface area contributed by atoms with Gasteiger partial charge in [-0.05, 0) is 24.5 Å². The number of ether oxygens (including phenoxy) is 1. The zero-order valence-electron chi connectivity index (χ0n) is 10.2. The van der Waals surface area contributed by atoms with Gasteiger partial charge in [0.1, 0.15) is 11.4 Å². The maximum Gasteiger partial charge on any atom is 0.180 e. The number of hydrogen-bond acceptors (Lipinski definition) is 3. The molecule has 0 aliphatic heterocycles. The van der Waals surface area contributed by atoms with Gasteiger partial charge in [0.15, 0.2) is 5.78 Å². The highest BCUT2D eigenvalue weighted by Crippen LogP contribution is 2.11.